The van der Waals surface area contributed by atoms with E-state index in [0.717, 1.165) is 4.90 Å². The van der Waals surface area contributed by atoms with Gasteiger partial charge in [-0.3, -0.25) is 24.6 Å². The van der Waals surface area contributed by atoms with Crippen LogP contribution < -0.4 is 27.0 Å². The average Bonchev–Trinajstić information content (AvgIpc) is 3.41. The lowest BCUT2D eigenvalue weighted by molar-refractivity contribution is -0.140. The summed E-state index contributed by atoms with van der Waals surface area (Å²) < 4.78 is 14.0. The van der Waals surface area contributed by atoms with E-state index in [0.29, 0.717) is 12.1 Å². The first-order valence-corrected chi connectivity index (χ1v) is 14.0. The van der Waals surface area contributed by atoms with Gasteiger partial charge >= 0.3 is 7.12 Å². The normalized spacial score (nSPS) is 18.9. The van der Waals surface area contributed by atoms with Crippen LogP contribution in [0.25, 0.3) is 0 Å². The largest absolute Gasteiger partial charge is 0.475 e. The van der Waals surface area contributed by atoms with Crippen LogP contribution in [0.2, 0.25) is 0 Å². The number of rotatable bonds is 15. The van der Waals surface area contributed by atoms with Gasteiger partial charge in [0.15, 0.2) is 5.96 Å². The maximum atomic E-state index is 14.0. The van der Waals surface area contributed by atoms with Crippen LogP contribution in [0.3, 0.4) is 0 Å². The Bertz CT molecular complexity index is 1060. The van der Waals surface area contributed by atoms with Gasteiger partial charge in [0.05, 0.1) is 18.0 Å². The number of likely N-dealkylation sites (tertiary alicyclic amines) is 1. The van der Waals surface area contributed by atoms with E-state index in [1.807, 2.05) is 13.8 Å². The number of imidazole rings is 1. The van der Waals surface area contributed by atoms with Gasteiger partial charge in [0.1, 0.15) is 24.3 Å². The highest BCUT2D eigenvalue weighted by molar-refractivity contribution is 6.43. The Labute approximate surface area is 244 Å². The maximum absolute atomic E-state index is 14.0. The van der Waals surface area contributed by atoms with Crippen molar-refractivity contribution in [3.63, 3.8) is 0 Å². The molecule has 0 bridgehead atoms. The number of halogens is 1. The van der Waals surface area contributed by atoms with Crippen LogP contribution in [0.15, 0.2) is 12.5 Å². The van der Waals surface area contributed by atoms with Gasteiger partial charge in [-0.25, -0.2) is 9.37 Å². The number of H-pyrrole nitrogens is 1. The third-order valence-electron chi connectivity index (χ3n) is 6.81. The fourth-order valence-electron chi connectivity index (χ4n) is 4.81. The molecule has 5 unspecified atom stereocenters. The SMILES string of the molecule is CC(=O)NC(Cc1c[nH]cn1)C(=O)NC(CC(C)C)C(=O)NC(CCCNC(=N)N)C(=O)N1CCC(F)CC1B(O)O. The van der Waals surface area contributed by atoms with E-state index < -0.39 is 61.0 Å². The van der Waals surface area contributed by atoms with E-state index in [4.69, 9.17) is 11.1 Å². The van der Waals surface area contributed by atoms with Crippen molar-refractivity contribution in [3.05, 3.63) is 18.2 Å². The number of aromatic nitrogens is 2. The number of guanidine groups is 1. The van der Waals surface area contributed by atoms with Crippen molar-refractivity contribution in [1.29, 1.82) is 5.41 Å². The lowest BCUT2D eigenvalue weighted by Gasteiger charge is -2.39. The quantitative estimate of drug-likeness (QED) is 0.0475. The Morgan fingerprint density at radius 1 is 1.19 bits per heavy atom. The number of carbonyl (C=O) groups is 4. The Morgan fingerprint density at radius 3 is 2.43 bits per heavy atom. The Kier molecular flexibility index (Phi) is 13.7. The molecule has 2 heterocycles. The molecule has 15 nitrogen and oxygen atoms in total. The number of hydrogen-bond acceptors (Lipinski definition) is 8. The van der Waals surface area contributed by atoms with Gasteiger partial charge in [0, 0.05) is 32.6 Å². The van der Waals surface area contributed by atoms with Crippen molar-refractivity contribution in [3.8, 4) is 0 Å². The number of nitrogens with two attached hydrogens (primary N) is 1. The second kappa shape index (κ2) is 16.7. The smallest absolute Gasteiger partial charge is 0.426 e. The summed E-state index contributed by atoms with van der Waals surface area (Å²) in [5.41, 5.74) is 5.85. The van der Waals surface area contributed by atoms with Gasteiger partial charge in [0.25, 0.3) is 0 Å². The first-order valence-electron chi connectivity index (χ1n) is 14.0. The maximum Gasteiger partial charge on any atom is 0.475 e. The zero-order valence-corrected chi connectivity index (χ0v) is 24.2. The summed E-state index contributed by atoms with van der Waals surface area (Å²) in [7, 11) is -1.98. The molecule has 0 radical (unpaired) electrons. The second-order valence-corrected chi connectivity index (χ2v) is 10.9. The molecule has 0 aromatic carbocycles. The molecule has 4 amide bonds. The summed E-state index contributed by atoms with van der Waals surface area (Å²) in [4.78, 5) is 60.2. The number of amides is 4. The summed E-state index contributed by atoms with van der Waals surface area (Å²) in [6.45, 7) is 5.13. The number of nitrogens with one attached hydrogen (secondary N) is 6. The predicted molar refractivity (Wildman–Crippen MR) is 152 cm³/mol. The Hall–Kier alpha value is -3.73. The molecule has 0 spiro atoms. The Morgan fingerprint density at radius 2 is 1.86 bits per heavy atom. The average molecular weight is 595 g/mol. The summed E-state index contributed by atoms with van der Waals surface area (Å²) in [6.07, 6.45) is 2.14. The van der Waals surface area contributed by atoms with Crippen LogP contribution in [0.1, 0.15) is 58.6 Å². The van der Waals surface area contributed by atoms with Crippen molar-refractivity contribution in [2.24, 2.45) is 11.7 Å². The van der Waals surface area contributed by atoms with Crippen molar-refractivity contribution < 1.29 is 33.6 Å². The number of piperidine rings is 1. The van der Waals surface area contributed by atoms with Gasteiger partial charge in [0.2, 0.25) is 23.6 Å². The molecule has 10 N–H and O–H groups in total. The molecule has 2 rings (SSSR count). The number of aromatic amines is 1. The van der Waals surface area contributed by atoms with Gasteiger partial charge in [-0.1, -0.05) is 13.8 Å². The van der Waals surface area contributed by atoms with Crippen molar-refractivity contribution in [1.82, 2.24) is 36.1 Å². The topological polar surface area (TPSA) is 239 Å². The van der Waals surface area contributed by atoms with Crippen LogP contribution >= 0.6 is 0 Å². The summed E-state index contributed by atoms with van der Waals surface area (Å²) in [5.74, 6) is -3.84. The highest BCUT2D eigenvalue weighted by Gasteiger charge is 2.41. The number of alkyl halides is 1. The molecule has 42 heavy (non-hydrogen) atoms. The highest BCUT2D eigenvalue weighted by Crippen LogP contribution is 2.22. The lowest BCUT2D eigenvalue weighted by Crippen LogP contribution is -2.61. The first kappa shape index (κ1) is 34.5. The first-order chi connectivity index (χ1) is 19.8. The number of carbonyl (C=O) groups excluding carboxylic acids is 4. The van der Waals surface area contributed by atoms with Crippen molar-refractivity contribution in [2.75, 3.05) is 13.1 Å². The molecule has 1 saturated heterocycles. The second-order valence-electron chi connectivity index (χ2n) is 10.9. The van der Waals surface area contributed by atoms with Crippen LogP contribution in [0, 0.1) is 11.3 Å². The molecule has 0 saturated carbocycles. The molecule has 0 aliphatic carbocycles. The lowest BCUT2D eigenvalue weighted by atomic mass is 9.73. The van der Waals surface area contributed by atoms with Crippen molar-refractivity contribution >= 4 is 36.7 Å². The minimum atomic E-state index is -1.98. The van der Waals surface area contributed by atoms with E-state index in [-0.39, 0.29) is 57.1 Å². The van der Waals surface area contributed by atoms with E-state index in [1.54, 1.807) is 6.20 Å². The van der Waals surface area contributed by atoms with Gasteiger partial charge in [-0.05, 0) is 38.0 Å². The molecule has 1 aliphatic rings. The standard InChI is InChI=1S/C25H43BFN9O6/c1-14(2)9-19(35-23(39)20(33-15(3)37)11-17-12-30-13-32-17)22(38)34-18(5-4-7-31-25(28)29)24(40)36-8-6-16(27)10-21(36)26(41)42/h12-14,16,18-21,41-42H,4-11H2,1-3H3,(H,30,32)(H,33,37)(H,34,38)(H,35,39)(H4,28,29,31). The molecule has 1 fully saturated rings. The molecule has 17 heteroatoms. The number of hydrogen-bond donors (Lipinski definition) is 9. The molecule has 1 aromatic heterocycles. The van der Waals surface area contributed by atoms with Gasteiger partial charge < -0.3 is 46.9 Å². The zero-order valence-electron chi connectivity index (χ0n) is 24.2. The van der Waals surface area contributed by atoms with E-state index in [1.165, 1.54) is 13.3 Å². The molecular weight excluding hydrogens is 552 g/mol. The fourth-order valence-corrected chi connectivity index (χ4v) is 4.81. The van der Waals surface area contributed by atoms with Crippen LogP contribution in [-0.2, 0) is 25.6 Å². The van der Waals surface area contributed by atoms with Gasteiger partial charge in [-0.2, -0.15) is 0 Å². The number of nitrogens with zero attached hydrogens (tertiary/aromatic N) is 2. The van der Waals surface area contributed by atoms with E-state index >= 15 is 0 Å². The molecule has 1 aromatic rings. The van der Waals surface area contributed by atoms with E-state index in [2.05, 4.69) is 31.2 Å². The zero-order chi connectivity index (χ0) is 31.4. The van der Waals surface area contributed by atoms with Gasteiger partial charge in [-0.15, -0.1) is 0 Å². The highest BCUT2D eigenvalue weighted by atomic mass is 19.1. The predicted octanol–water partition coefficient (Wildman–Crippen LogP) is -1.92. The summed E-state index contributed by atoms with van der Waals surface area (Å²) >= 11 is 0. The van der Waals surface area contributed by atoms with Crippen molar-refractivity contribution in [2.45, 2.75) is 89.5 Å². The third-order valence-corrected chi connectivity index (χ3v) is 6.81. The van der Waals surface area contributed by atoms with Crippen LogP contribution in [-0.4, -0.2) is 105 Å². The fraction of sp³-hybridized carbons (Fsp3) is 0.680. The minimum absolute atomic E-state index is 0.00802. The van der Waals surface area contributed by atoms with Crippen LogP contribution in [0.4, 0.5) is 4.39 Å². The molecule has 234 valence electrons. The summed E-state index contributed by atoms with van der Waals surface area (Å²) in [6, 6.07) is -3.24. The molecular formula is C25H43BFN9O6. The van der Waals surface area contributed by atoms with Crippen LogP contribution in [0.5, 0.6) is 0 Å². The third kappa shape index (κ3) is 11.3. The molecule has 1 aliphatic heterocycles. The molecule has 5 atom stereocenters. The Balaban J connectivity index is 2.24. The summed E-state index contributed by atoms with van der Waals surface area (Å²) in [5, 5.41) is 37.5. The monoisotopic (exact) mass is 595 g/mol. The minimum Gasteiger partial charge on any atom is -0.426 e. The van der Waals surface area contributed by atoms with E-state index in [9.17, 15) is 33.6 Å².